The zero-order chi connectivity index (χ0) is 18.1. The number of hydrogen-bond donors (Lipinski definition) is 1. The van der Waals surface area contributed by atoms with E-state index in [4.69, 9.17) is 0 Å². The van der Waals surface area contributed by atoms with Crippen LogP contribution in [-0.4, -0.2) is 24.4 Å². The summed E-state index contributed by atoms with van der Waals surface area (Å²) in [6, 6.07) is 14.4. The maximum atomic E-state index is 13.2. The van der Waals surface area contributed by atoms with Gasteiger partial charge in [-0.25, -0.2) is 18.4 Å². The quantitative estimate of drug-likeness (QED) is 0.751. The molecule has 26 heavy (non-hydrogen) atoms. The summed E-state index contributed by atoms with van der Waals surface area (Å²) in [6.45, 7) is 1.93. The van der Waals surface area contributed by atoms with Crippen LogP contribution < -0.4 is 5.32 Å². The van der Waals surface area contributed by atoms with Gasteiger partial charge in [0, 0.05) is 6.04 Å². The molecule has 0 saturated heterocycles. The first-order chi connectivity index (χ1) is 12.5. The van der Waals surface area contributed by atoms with Gasteiger partial charge in [0.15, 0.2) is 5.82 Å². The van der Waals surface area contributed by atoms with Crippen LogP contribution >= 0.6 is 0 Å². The molecular weight excluding hydrogens is 346 g/mol. The Morgan fingerprint density at radius 1 is 0.923 bits per heavy atom. The number of hydrogen-bond acceptors (Lipinski definition) is 5. The molecule has 1 aliphatic rings. The fraction of sp³-hybridized carbons (Fsp3) is 0.300. The average molecular weight is 367 g/mol. The number of sulfone groups is 1. The van der Waals surface area contributed by atoms with Gasteiger partial charge in [-0.3, -0.25) is 0 Å². The summed E-state index contributed by atoms with van der Waals surface area (Å²) in [5.41, 5.74) is 2.28. The molecule has 3 aromatic rings. The van der Waals surface area contributed by atoms with Crippen LogP contribution in [0.3, 0.4) is 0 Å². The Labute approximate surface area is 153 Å². The molecule has 4 rings (SSSR count). The van der Waals surface area contributed by atoms with Crippen molar-refractivity contribution >= 4 is 26.7 Å². The summed E-state index contributed by atoms with van der Waals surface area (Å²) in [6.07, 6.45) is 4.36. The fourth-order valence-electron chi connectivity index (χ4n) is 3.36. The lowest BCUT2D eigenvalue weighted by Crippen LogP contribution is -2.19. The molecule has 134 valence electrons. The highest BCUT2D eigenvalue weighted by Crippen LogP contribution is 2.30. The first-order valence-electron chi connectivity index (χ1n) is 8.89. The Morgan fingerprint density at radius 3 is 2.19 bits per heavy atom. The van der Waals surface area contributed by atoms with Crippen molar-refractivity contribution in [2.45, 2.75) is 48.6 Å². The second-order valence-corrected chi connectivity index (χ2v) is 8.67. The molecule has 1 aromatic heterocycles. The third-order valence-corrected chi connectivity index (χ3v) is 6.51. The summed E-state index contributed by atoms with van der Waals surface area (Å²) in [5.74, 6) is 0.358. The Kier molecular flexibility index (Phi) is 4.36. The highest BCUT2D eigenvalue weighted by molar-refractivity contribution is 7.91. The minimum Gasteiger partial charge on any atom is -0.365 e. The smallest absolute Gasteiger partial charge is 0.227 e. The number of aromatic nitrogens is 2. The molecule has 0 spiro atoms. The molecule has 2 aromatic carbocycles. The minimum atomic E-state index is -3.76. The molecule has 6 heteroatoms. The first-order valence-corrected chi connectivity index (χ1v) is 10.4. The highest BCUT2D eigenvalue weighted by atomic mass is 32.2. The van der Waals surface area contributed by atoms with Crippen LogP contribution in [0.5, 0.6) is 0 Å². The van der Waals surface area contributed by atoms with Crippen LogP contribution in [0.2, 0.25) is 0 Å². The summed E-state index contributed by atoms with van der Waals surface area (Å²) < 4.78 is 26.5. The molecule has 0 unspecified atom stereocenters. The molecule has 1 saturated carbocycles. The van der Waals surface area contributed by atoms with Crippen LogP contribution in [0.25, 0.3) is 11.0 Å². The molecule has 0 radical (unpaired) electrons. The number of fused-ring (bicyclic) bond motifs is 1. The SMILES string of the molecule is Cc1ccc(S(=O)(=O)c2nc3ccccc3nc2NC2CCCC2)cc1. The van der Waals surface area contributed by atoms with E-state index in [-0.39, 0.29) is 16.0 Å². The van der Waals surface area contributed by atoms with E-state index in [1.165, 1.54) is 0 Å². The third-order valence-electron chi connectivity index (χ3n) is 4.82. The van der Waals surface area contributed by atoms with Crippen LogP contribution in [0.4, 0.5) is 5.82 Å². The van der Waals surface area contributed by atoms with Crippen molar-refractivity contribution in [3.05, 3.63) is 54.1 Å². The number of nitrogens with one attached hydrogen (secondary N) is 1. The van der Waals surface area contributed by atoms with Crippen LogP contribution in [0, 0.1) is 6.92 Å². The van der Waals surface area contributed by atoms with Gasteiger partial charge in [-0.2, -0.15) is 0 Å². The number of aryl methyl sites for hydroxylation is 1. The number of rotatable bonds is 4. The molecule has 5 nitrogen and oxygen atoms in total. The topological polar surface area (TPSA) is 72.0 Å². The van der Waals surface area contributed by atoms with E-state index in [2.05, 4.69) is 15.3 Å². The van der Waals surface area contributed by atoms with Crippen molar-refractivity contribution < 1.29 is 8.42 Å². The second-order valence-electron chi connectivity index (χ2n) is 6.81. The summed E-state index contributed by atoms with van der Waals surface area (Å²) in [4.78, 5) is 9.31. The predicted molar refractivity (Wildman–Crippen MR) is 102 cm³/mol. The Morgan fingerprint density at radius 2 is 1.54 bits per heavy atom. The fourth-order valence-corrected chi connectivity index (χ4v) is 4.65. The van der Waals surface area contributed by atoms with Gasteiger partial charge in [0.25, 0.3) is 0 Å². The standard InChI is InChI=1S/C20H21N3O2S/c1-14-10-12-16(13-11-14)26(24,25)20-19(21-15-6-2-3-7-15)22-17-8-4-5-9-18(17)23-20/h4-5,8-13,15H,2-3,6-7H2,1H3,(H,21,22). The molecule has 0 amide bonds. The number of benzene rings is 2. The van der Waals surface area contributed by atoms with E-state index < -0.39 is 9.84 Å². The van der Waals surface area contributed by atoms with Crippen molar-refractivity contribution in [2.75, 3.05) is 5.32 Å². The number of nitrogens with zero attached hydrogens (tertiary/aromatic N) is 2. The van der Waals surface area contributed by atoms with Crippen molar-refractivity contribution in [1.29, 1.82) is 0 Å². The molecule has 0 bridgehead atoms. The first kappa shape index (κ1) is 17.0. The Balaban J connectivity index is 1.86. The molecule has 1 aliphatic carbocycles. The van der Waals surface area contributed by atoms with Crippen molar-refractivity contribution in [2.24, 2.45) is 0 Å². The van der Waals surface area contributed by atoms with Crippen molar-refractivity contribution in [3.8, 4) is 0 Å². The lowest BCUT2D eigenvalue weighted by atomic mass is 10.2. The lowest BCUT2D eigenvalue weighted by molar-refractivity contribution is 0.592. The van der Waals surface area contributed by atoms with Crippen molar-refractivity contribution in [1.82, 2.24) is 9.97 Å². The zero-order valence-electron chi connectivity index (χ0n) is 14.6. The Bertz CT molecular complexity index is 1040. The maximum Gasteiger partial charge on any atom is 0.227 e. The summed E-state index contributed by atoms with van der Waals surface area (Å²) in [5, 5.41) is 3.34. The molecule has 0 atom stereocenters. The molecule has 0 aliphatic heterocycles. The van der Waals surface area contributed by atoms with Crippen LogP contribution in [0.1, 0.15) is 31.2 Å². The predicted octanol–water partition coefficient (Wildman–Crippen LogP) is 4.13. The third kappa shape index (κ3) is 3.17. The summed E-state index contributed by atoms with van der Waals surface area (Å²) in [7, 11) is -3.76. The zero-order valence-corrected chi connectivity index (χ0v) is 15.5. The van der Waals surface area contributed by atoms with Crippen LogP contribution in [-0.2, 0) is 9.84 Å². The number of anilines is 1. The van der Waals surface area contributed by atoms with E-state index in [9.17, 15) is 8.42 Å². The van der Waals surface area contributed by atoms with Gasteiger partial charge in [-0.05, 0) is 44.0 Å². The minimum absolute atomic E-state index is 0.00644. The average Bonchev–Trinajstić information content (AvgIpc) is 3.14. The van der Waals surface area contributed by atoms with E-state index in [0.717, 1.165) is 31.2 Å². The van der Waals surface area contributed by atoms with Gasteiger partial charge in [-0.1, -0.05) is 42.7 Å². The van der Waals surface area contributed by atoms with Gasteiger partial charge >= 0.3 is 0 Å². The van der Waals surface area contributed by atoms with Gasteiger partial charge < -0.3 is 5.32 Å². The maximum absolute atomic E-state index is 13.2. The van der Waals surface area contributed by atoms with E-state index in [0.29, 0.717) is 16.9 Å². The van der Waals surface area contributed by atoms with Crippen LogP contribution in [0.15, 0.2) is 58.5 Å². The molecule has 1 N–H and O–H groups in total. The monoisotopic (exact) mass is 367 g/mol. The summed E-state index contributed by atoms with van der Waals surface area (Å²) >= 11 is 0. The second kappa shape index (κ2) is 6.68. The van der Waals surface area contributed by atoms with Gasteiger partial charge in [0.2, 0.25) is 14.9 Å². The number of para-hydroxylation sites is 2. The Hall–Kier alpha value is -2.47. The van der Waals surface area contributed by atoms with Gasteiger partial charge in [0.05, 0.1) is 15.9 Å². The highest BCUT2D eigenvalue weighted by Gasteiger charge is 2.27. The molecular formula is C20H21N3O2S. The van der Waals surface area contributed by atoms with E-state index >= 15 is 0 Å². The largest absolute Gasteiger partial charge is 0.365 e. The normalized spacial score (nSPS) is 15.4. The molecule has 1 heterocycles. The lowest BCUT2D eigenvalue weighted by Gasteiger charge is -2.16. The van der Waals surface area contributed by atoms with Crippen molar-refractivity contribution in [3.63, 3.8) is 0 Å². The molecule has 1 fully saturated rings. The van der Waals surface area contributed by atoms with Gasteiger partial charge in [-0.15, -0.1) is 0 Å². The van der Waals surface area contributed by atoms with E-state index in [1.54, 1.807) is 30.3 Å². The van der Waals surface area contributed by atoms with Gasteiger partial charge in [0.1, 0.15) is 0 Å². The van der Waals surface area contributed by atoms with E-state index in [1.807, 2.05) is 25.1 Å².